The van der Waals surface area contributed by atoms with Crippen LogP contribution < -0.4 is 9.62 Å². The summed E-state index contributed by atoms with van der Waals surface area (Å²) in [6.45, 7) is 3.15. The van der Waals surface area contributed by atoms with Crippen molar-refractivity contribution in [2.75, 3.05) is 23.7 Å². The maximum atomic E-state index is 13.4. The predicted molar refractivity (Wildman–Crippen MR) is 130 cm³/mol. The molecule has 10 nitrogen and oxygen atoms in total. The highest BCUT2D eigenvalue weighted by Gasteiger charge is 2.30. The third kappa shape index (κ3) is 7.16. The van der Waals surface area contributed by atoms with E-state index >= 15 is 0 Å². The number of carbonyl (C=O) groups is 2. The van der Waals surface area contributed by atoms with E-state index in [9.17, 15) is 28.1 Å². The van der Waals surface area contributed by atoms with Gasteiger partial charge in [0.25, 0.3) is 5.69 Å². The molecule has 0 bridgehead atoms. The number of benzene rings is 2. The minimum absolute atomic E-state index is 0.0360. The lowest BCUT2D eigenvalue weighted by molar-refractivity contribution is -0.384. The fourth-order valence-electron chi connectivity index (χ4n) is 3.16. The zero-order valence-electron chi connectivity index (χ0n) is 19.1. The first-order chi connectivity index (χ1) is 16.0. The second-order valence-corrected chi connectivity index (χ2v) is 9.94. The number of nitro benzene ring substituents is 1. The van der Waals surface area contributed by atoms with E-state index in [0.29, 0.717) is 23.6 Å². The standard InChI is InChI=1S/C22H27ClN4O6S/c1-4-12-24-22(29)16(2)25(14-17-8-5-6-11-20(17)23)21(28)15-26(34(3,32)33)18-9-7-10-19(13-18)27(30)31/h5-11,13,16H,4,12,14-15H2,1-3H3,(H,24,29). The molecular formula is C22H27ClN4O6S. The predicted octanol–water partition coefficient (Wildman–Crippen LogP) is 2.96. The number of hydrogen-bond acceptors (Lipinski definition) is 6. The van der Waals surface area contributed by atoms with Crippen LogP contribution in [0.5, 0.6) is 0 Å². The molecule has 184 valence electrons. The van der Waals surface area contributed by atoms with E-state index in [1.165, 1.54) is 30.0 Å². The normalized spacial score (nSPS) is 12.0. The molecule has 0 radical (unpaired) electrons. The lowest BCUT2D eigenvalue weighted by Gasteiger charge is -2.31. The number of carbonyl (C=O) groups excluding carboxylic acids is 2. The lowest BCUT2D eigenvalue weighted by atomic mass is 10.1. The van der Waals surface area contributed by atoms with Crippen LogP contribution in [0.15, 0.2) is 48.5 Å². The average Bonchev–Trinajstić information content (AvgIpc) is 2.79. The van der Waals surface area contributed by atoms with Crippen LogP contribution in [0.4, 0.5) is 11.4 Å². The van der Waals surface area contributed by atoms with Gasteiger partial charge in [0.05, 0.1) is 16.9 Å². The third-order valence-electron chi connectivity index (χ3n) is 5.02. The van der Waals surface area contributed by atoms with Crippen molar-refractivity contribution >= 4 is 44.8 Å². The summed E-state index contributed by atoms with van der Waals surface area (Å²) in [4.78, 5) is 37.8. The summed E-state index contributed by atoms with van der Waals surface area (Å²) in [6.07, 6.45) is 1.60. The molecule has 0 aliphatic carbocycles. The summed E-state index contributed by atoms with van der Waals surface area (Å²) >= 11 is 6.25. The highest BCUT2D eigenvalue weighted by Crippen LogP contribution is 2.24. The zero-order valence-corrected chi connectivity index (χ0v) is 20.7. The molecule has 0 saturated carbocycles. The van der Waals surface area contributed by atoms with Gasteiger partial charge in [-0.25, -0.2) is 8.42 Å². The Hall–Kier alpha value is -3.18. The average molecular weight is 511 g/mol. The number of amides is 2. The Labute approximate surface area is 203 Å². The maximum Gasteiger partial charge on any atom is 0.271 e. The number of hydrogen-bond donors (Lipinski definition) is 1. The number of halogens is 1. The molecule has 2 rings (SSSR count). The van der Waals surface area contributed by atoms with Gasteiger partial charge < -0.3 is 10.2 Å². The summed E-state index contributed by atoms with van der Waals surface area (Å²) in [5.41, 5.74) is 0.221. The van der Waals surface area contributed by atoms with Crippen molar-refractivity contribution in [1.82, 2.24) is 10.2 Å². The summed E-state index contributed by atoms with van der Waals surface area (Å²) < 4.78 is 25.8. The van der Waals surface area contributed by atoms with Gasteiger partial charge in [0.15, 0.2) is 0 Å². The third-order valence-corrected chi connectivity index (χ3v) is 6.53. The highest BCUT2D eigenvalue weighted by atomic mass is 35.5. The first-order valence-corrected chi connectivity index (χ1v) is 12.7. The summed E-state index contributed by atoms with van der Waals surface area (Å²) in [7, 11) is -3.99. The van der Waals surface area contributed by atoms with E-state index in [1.54, 1.807) is 24.3 Å². The Morgan fingerprint density at radius 2 is 1.85 bits per heavy atom. The maximum absolute atomic E-state index is 13.4. The Balaban J connectivity index is 2.42. The van der Waals surface area contributed by atoms with Crippen LogP contribution in [0.1, 0.15) is 25.8 Å². The Morgan fingerprint density at radius 1 is 1.18 bits per heavy atom. The van der Waals surface area contributed by atoms with E-state index < -0.39 is 39.3 Å². The smallest absolute Gasteiger partial charge is 0.271 e. The first kappa shape index (κ1) is 27.1. The van der Waals surface area contributed by atoms with Gasteiger partial charge in [-0.2, -0.15) is 0 Å². The van der Waals surface area contributed by atoms with E-state index in [2.05, 4.69) is 5.32 Å². The molecule has 0 spiro atoms. The van der Waals surface area contributed by atoms with Crippen molar-refractivity contribution in [2.24, 2.45) is 0 Å². The molecule has 2 amide bonds. The van der Waals surface area contributed by atoms with Crippen molar-refractivity contribution in [3.63, 3.8) is 0 Å². The van der Waals surface area contributed by atoms with Gasteiger partial charge in [-0.15, -0.1) is 0 Å². The highest BCUT2D eigenvalue weighted by molar-refractivity contribution is 7.92. The second kappa shape index (κ2) is 11.8. The van der Waals surface area contributed by atoms with Gasteiger partial charge in [-0.05, 0) is 31.0 Å². The van der Waals surface area contributed by atoms with E-state index in [4.69, 9.17) is 11.6 Å². The molecule has 2 aromatic rings. The van der Waals surface area contributed by atoms with E-state index in [-0.39, 0.29) is 17.9 Å². The number of rotatable bonds is 11. The summed E-state index contributed by atoms with van der Waals surface area (Å²) in [5.74, 6) is -1.07. The number of nitrogens with one attached hydrogen (secondary N) is 1. The molecule has 1 atom stereocenters. The van der Waals surface area contributed by atoms with Gasteiger partial charge in [0.2, 0.25) is 21.8 Å². The van der Waals surface area contributed by atoms with Crippen molar-refractivity contribution in [3.05, 3.63) is 69.2 Å². The largest absolute Gasteiger partial charge is 0.354 e. The number of nitro groups is 1. The van der Waals surface area contributed by atoms with Gasteiger partial charge >= 0.3 is 0 Å². The van der Waals surface area contributed by atoms with Gasteiger partial charge in [-0.1, -0.05) is 42.8 Å². The molecule has 0 aliphatic heterocycles. The molecule has 0 heterocycles. The summed E-state index contributed by atoms with van der Waals surface area (Å²) in [5, 5.41) is 14.3. The fraction of sp³-hybridized carbons (Fsp3) is 0.364. The van der Waals surface area contributed by atoms with Crippen LogP contribution in [0.2, 0.25) is 5.02 Å². The second-order valence-electron chi connectivity index (χ2n) is 7.63. The van der Waals surface area contributed by atoms with Crippen LogP contribution in [0, 0.1) is 10.1 Å². The van der Waals surface area contributed by atoms with Gasteiger partial charge in [-0.3, -0.25) is 24.0 Å². The van der Waals surface area contributed by atoms with Crippen LogP contribution >= 0.6 is 11.6 Å². The van der Waals surface area contributed by atoms with Crippen molar-refractivity contribution in [2.45, 2.75) is 32.9 Å². The number of sulfonamides is 1. The molecule has 0 fully saturated rings. The van der Waals surface area contributed by atoms with Crippen molar-refractivity contribution in [1.29, 1.82) is 0 Å². The van der Waals surface area contributed by atoms with Gasteiger partial charge in [0, 0.05) is 30.2 Å². The molecular weight excluding hydrogens is 484 g/mol. The van der Waals surface area contributed by atoms with Crippen molar-refractivity contribution < 1.29 is 22.9 Å². The van der Waals surface area contributed by atoms with Crippen LogP contribution in [-0.4, -0.2) is 55.4 Å². The molecule has 1 unspecified atom stereocenters. The van der Waals surface area contributed by atoms with Gasteiger partial charge in [0.1, 0.15) is 12.6 Å². The topological polar surface area (TPSA) is 130 Å². The monoisotopic (exact) mass is 510 g/mol. The fourth-order valence-corrected chi connectivity index (χ4v) is 4.20. The Bertz CT molecular complexity index is 1160. The molecule has 2 aromatic carbocycles. The molecule has 0 saturated heterocycles. The minimum atomic E-state index is -3.99. The molecule has 0 aliphatic rings. The van der Waals surface area contributed by atoms with Crippen LogP contribution in [-0.2, 0) is 26.2 Å². The SMILES string of the molecule is CCCNC(=O)C(C)N(Cc1ccccc1Cl)C(=O)CN(c1cccc([N+](=O)[O-])c1)S(C)(=O)=O. The Morgan fingerprint density at radius 3 is 2.44 bits per heavy atom. The summed E-state index contributed by atoms with van der Waals surface area (Å²) in [6, 6.07) is 10.9. The van der Waals surface area contributed by atoms with Crippen molar-refractivity contribution in [3.8, 4) is 0 Å². The quantitative estimate of drug-likeness (QED) is 0.365. The minimum Gasteiger partial charge on any atom is -0.354 e. The molecule has 0 aromatic heterocycles. The van der Waals surface area contributed by atoms with E-state index in [0.717, 1.165) is 16.6 Å². The molecule has 12 heteroatoms. The first-order valence-electron chi connectivity index (χ1n) is 10.5. The Kier molecular flexibility index (Phi) is 9.39. The number of anilines is 1. The van der Waals surface area contributed by atoms with Crippen LogP contribution in [0.3, 0.4) is 0 Å². The van der Waals surface area contributed by atoms with Crippen LogP contribution in [0.25, 0.3) is 0 Å². The molecule has 34 heavy (non-hydrogen) atoms. The number of non-ortho nitro benzene ring substituents is 1. The molecule has 1 N–H and O–H groups in total. The number of nitrogens with zero attached hydrogens (tertiary/aromatic N) is 3. The zero-order chi connectivity index (χ0) is 25.5. The van der Waals surface area contributed by atoms with E-state index in [1.807, 2.05) is 6.92 Å². The lowest BCUT2D eigenvalue weighted by Crippen LogP contribution is -2.51.